The number of hydrogen-bond acceptors (Lipinski definition) is 1. The number of hydrogen-bond donors (Lipinski definition) is 0. The minimum Gasteiger partial charge on any atom is -0.350 e. The maximum atomic E-state index is 2.64. The number of aromatic nitrogens is 1. The average Bonchev–Trinajstić information content (AvgIpc) is 3.04. The minimum atomic E-state index is 0.314. The van der Waals surface area contributed by atoms with Crippen LogP contribution < -0.4 is 0 Å². The van der Waals surface area contributed by atoms with E-state index in [1.807, 2.05) is 0 Å². The van der Waals surface area contributed by atoms with Crippen LogP contribution in [0.15, 0.2) is 72.9 Å². The molecule has 1 unspecified atom stereocenters. The molecule has 1 aromatic heterocycles. The molecule has 0 N–H and O–H groups in total. The van der Waals surface area contributed by atoms with E-state index >= 15 is 0 Å². The van der Waals surface area contributed by atoms with Crippen LogP contribution in [0.5, 0.6) is 0 Å². The summed E-state index contributed by atoms with van der Waals surface area (Å²) in [7, 11) is 0. The van der Waals surface area contributed by atoms with Crippen molar-refractivity contribution in [1.29, 1.82) is 0 Å². The van der Waals surface area contributed by atoms with Gasteiger partial charge in [-0.25, -0.2) is 0 Å². The predicted molar refractivity (Wildman–Crippen MR) is 108 cm³/mol. The topological polar surface area (TPSA) is 8.17 Å². The molecule has 2 aromatic carbocycles. The van der Waals surface area contributed by atoms with Crippen LogP contribution in [-0.2, 0) is 13.1 Å². The van der Waals surface area contributed by atoms with Crippen molar-refractivity contribution in [3.63, 3.8) is 0 Å². The number of nitrogens with zero attached hydrogens (tertiary/aromatic N) is 2. The summed E-state index contributed by atoms with van der Waals surface area (Å²) in [5.41, 5.74) is 5.60. The Morgan fingerprint density at radius 2 is 1.65 bits per heavy atom. The van der Waals surface area contributed by atoms with Gasteiger partial charge in [0.05, 0.1) is 6.04 Å². The zero-order chi connectivity index (χ0) is 17.9. The van der Waals surface area contributed by atoms with Gasteiger partial charge in [-0.2, -0.15) is 0 Å². The number of benzene rings is 2. The highest BCUT2D eigenvalue weighted by Gasteiger charge is 2.27. The van der Waals surface area contributed by atoms with Gasteiger partial charge in [0.2, 0.25) is 0 Å². The second kappa shape index (κ2) is 7.51. The Hall–Kier alpha value is -2.32. The van der Waals surface area contributed by atoms with Crippen molar-refractivity contribution in [3.05, 3.63) is 95.3 Å². The summed E-state index contributed by atoms with van der Waals surface area (Å²) in [4.78, 5) is 2.64. The van der Waals surface area contributed by atoms with Crippen LogP contribution >= 0.6 is 0 Å². The van der Waals surface area contributed by atoms with E-state index in [2.05, 4.69) is 96.2 Å². The molecule has 0 amide bonds. The molecule has 0 bridgehead atoms. The van der Waals surface area contributed by atoms with Crippen LogP contribution in [0.3, 0.4) is 0 Å². The molecule has 1 aliphatic rings. The van der Waals surface area contributed by atoms with E-state index in [1.165, 1.54) is 28.8 Å². The van der Waals surface area contributed by atoms with Crippen molar-refractivity contribution >= 4 is 0 Å². The summed E-state index contributed by atoms with van der Waals surface area (Å²) < 4.78 is 2.44. The van der Waals surface area contributed by atoms with Crippen molar-refractivity contribution in [2.24, 2.45) is 0 Å². The highest BCUT2D eigenvalue weighted by molar-refractivity contribution is 5.33. The first kappa shape index (κ1) is 17.1. The van der Waals surface area contributed by atoms with Gasteiger partial charge in [-0.15, -0.1) is 0 Å². The lowest BCUT2D eigenvalue weighted by Gasteiger charge is -2.31. The zero-order valence-electron chi connectivity index (χ0n) is 15.8. The van der Waals surface area contributed by atoms with Gasteiger partial charge in [0.1, 0.15) is 0 Å². The van der Waals surface area contributed by atoms with Gasteiger partial charge in [0, 0.05) is 31.5 Å². The van der Waals surface area contributed by atoms with Gasteiger partial charge in [-0.05, 0) is 41.2 Å². The van der Waals surface area contributed by atoms with E-state index in [0.717, 1.165) is 19.6 Å². The SMILES string of the molecule is CC(C)c1ccc(C2c3cccn3CCCN2Cc2ccccc2)cc1. The Bertz CT molecular complexity index is 830. The monoisotopic (exact) mass is 344 g/mol. The largest absolute Gasteiger partial charge is 0.350 e. The van der Waals surface area contributed by atoms with E-state index in [9.17, 15) is 0 Å². The van der Waals surface area contributed by atoms with E-state index in [4.69, 9.17) is 0 Å². The Kier molecular flexibility index (Phi) is 4.94. The Labute approximate surface area is 157 Å². The van der Waals surface area contributed by atoms with Gasteiger partial charge in [0.25, 0.3) is 0 Å². The molecule has 0 saturated heterocycles. The molecule has 0 aliphatic carbocycles. The molecule has 4 rings (SSSR count). The molecule has 1 atom stereocenters. The number of rotatable bonds is 4. The molecule has 0 saturated carbocycles. The van der Waals surface area contributed by atoms with Crippen molar-refractivity contribution in [1.82, 2.24) is 9.47 Å². The van der Waals surface area contributed by atoms with Gasteiger partial charge < -0.3 is 4.57 Å². The fourth-order valence-corrected chi connectivity index (χ4v) is 4.07. The molecule has 2 heterocycles. The van der Waals surface area contributed by atoms with Crippen LogP contribution in [0.25, 0.3) is 0 Å². The third kappa shape index (κ3) is 3.47. The summed E-state index contributed by atoms with van der Waals surface area (Å²) in [6.45, 7) is 7.73. The van der Waals surface area contributed by atoms with Crippen molar-refractivity contribution in [2.45, 2.75) is 45.3 Å². The fourth-order valence-electron chi connectivity index (χ4n) is 4.07. The van der Waals surface area contributed by atoms with Gasteiger partial charge in [0.15, 0.2) is 0 Å². The molecule has 1 aliphatic heterocycles. The highest BCUT2D eigenvalue weighted by Crippen LogP contribution is 2.33. The quantitative estimate of drug-likeness (QED) is 0.597. The second-order valence-electron chi connectivity index (χ2n) is 7.66. The lowest BCUT2D eigenvalue weighted by molar-refractivity contribution is 0.220. The van der Waals surface area contributed by atoms with Crippen LogP contribution in [0.2, 0.25) is 0 Å². The first-order valence-electron chi connectivity index (χ1n) is 9.75. The van der Waals surface area contributed by atoms with E-state index in [-0.39, 0.29) is 0 Å². The molecular formula is C24H28N2. The van der Waals surface area contributed by atoms with Crippen LogP contribution in [0.4, 0.5) is 0 Å². The lowest BCUT2D eigenvalue weighted by atomic mass is 9.96. The van der Waals surface area contributed by atoms with Crippen molar-refractivity contribution < 1.29 is 0 Å². The van der Waals surface area contributed by atoms with Gasteiger partial charge in [-0.1, -0.05) is 68.4 Å². The molecule has 0 fully saturated rings. The average molecular weight is 345 g/mol. The number of aryl methyl sites for hydroxylation is 1. The Morgan fingerprint density at radius 1 is 0.885 bits per heavy atom. The predicted octanol–water partition coefficient (Wildman–Crippen LogP) is 5.61. The summed E-state index contributed by atoms with van der Waals surface area (Å²) in [6.07, 6.45) is 3.42. The summed E-state index contributed by atoms with van der Waals surface area (Å²) in [5, 5.41) is 0. The molecule has 2 heteroatoms. The third-order valence-electron chi connectivity index (χ3n) is 5.50. The molecule has 0 radical (unpaired) electrons. The first-order chi connectivity index (χ1) is 12.7. The lowest BCUT2D eigenvalue weighted by Crippen LogP contribution is -2.29. The first-order valence-corrected chi connectivity index (χ1v) is 9.75. The zero-order valence-corrected chi connectivity index (χ0v) is 15.8. The molecule has 26 heavy (non-hydrogen) atoms. The summed E-state index contributed by atoms with van der Waals surface area (Å²) in [6, 6.07) is 24.9. The highest BCUT2D eigenvalue weighted by atomic mass is 15.2. The maximum absolute atomic E-state index is 2.64. The molecular weight excluding hydrogens is 316 g/mol. The number of fused-ring (bicyclic) bond motifs is 1. The smallest absolute Gasteiger partial charge is 0.0759 e. The molecule has 3 aromatic rings. The van der Waals surface area contributed by atoms with Crippen LogP contribution in [0.1, 0.15) is 54.6 Å². The summed E-state index contributed by atoms with van der Waals surface area (Å²) in [5.74, 6) is 0.572. The van der Waals surface area contributed by atoms with E-state index in [0.29, 0.717) is 12.0 Å². The Morgan fingerprint density at radius 3 is 2.38 bits per heavy atom. The normalized spacial score (nSPS) is 17.9. The van der Waals surface area contributed by atoms with Crippen molar-refractivity contribution in [2.75, 3.05) is 6.54 Å². The van der Waals surface area contributed by atoms with Crippen LogP contribution in [-0.4, -0.2) is 16.0 Å². The van der Waals surface area contributed by atoms with Crippen LogP contribution in [0, 0.1) is 0 Å². The molecule has 2 nitrogen and oxygen atoms in total. The minimum absolute atomic E-state index is 0.314. The summed E-state index contributed by atoms with van der Waals surface area (Å²) >= 11 is 0. The Balaban J connectivity index is 1.72. The van der Waals surface area contributed by atoms with Gasteiger partial charge in [-0.3, -0.25) is 4.90 Å². The third-order valence-corrected chi connectivity index (χ3v) is 5.50. The fraction of sp³-hybridized carbons (Fsp3) is 0.333. The standard InChI is InChI=1S/C24H28N2/c1-19(2)21-11-13-22(14-12-21)24-23-10-6-15-25(23)16-7-17-26(24)18-20-8-4-3-5-9-20/h3-6,8-15,19,24H,7,16-18H2,1-2H3. The van der Waals surface area contributed by atoms with E-state index in [1.54, 1.807) is 0 Å². The van der Waals surface area contributed by atoms with Gasteiger partial charge >= 0.3 is 0 Å². The maximum Gasteiger partial charge on any atom is 0.0759 e. The van der Waals surface area contributed by atoms with E-state index < -0.39 is 0 Å². The second-order valence-corrected chi connectivity index (χ2v) is 7.66. The molecule has 134 valence electrons. The van der Waals surface area contributed by atoms with Crippen molar-refractivity contribution in [3.8, 4) is 0 Å². The molecule has 0 spiro atoms.